The van der Waals surface area contributed by atoms with Gasteiger partial charge in [-0.3, -0.25) is 0 Å². The van der Waals surface area contributed by atoms with E-state index in [0.717, 1.165) is 45.3 Å². The maximum Gasteiger partial charge on any atom is 0.410 e. The van der Waals surface area contributed by atoms with Gasteiger partial charge in [0.05, 0.1) is 12.1 Å². The summed E-state index contributed by atoms with van der Waals surface area (Å²) in [6.45, 7) is 9.58. The van der Waals surface area contributed by atoms with E-state index in [2.05, 4.69) is 5.32 Å². The highest BCUT2D eigenvalue weighted by Gasteiger charge is 2.30. The first-order chi connectivity index (χ1) is 13.3. The van der Waals surface area contributed by atoms with Crippen LogP contribution in [0.1, 0.15) is 52.9 Å². The molecule has 0 aliphatic carbocycles. The summed E-state index contributed by atoms with van der Waals surface area (Å²) in [4.78, 5) is 28.1. The molecule has 1 atom stereocenters. The van der Waals surface area contributed by atoms with Crippen molar-refractivity contribution < 1.29 is 23.8 Å². The Labute approximate surface area is 168 Å². The quantitative estimate of drug-likeness (QED) is 0.695. The maximum atomic E-state index is 12.5. The van der Waals surface area contributed by atoms with E-state index in [1.54, 1.807) is 16.8 Å². The summed E-state index contributed by atoms with van der Waals surface area (Å²) in [5.74, 6) is 0. The van der Waals surface area contributed by atoms with Crippen LogP contribution in [0.3, 0.4) is 0 Å². The van der Waals surface area contributed by atoms with Gasteiger partial charge in [-0.2, -0.15) is 0 Å². The number of ether oxygens (including phenoxy) is 3. The van der Waals surface area contributed by atoms with E-state index in [0.29, 0.717) is 26.2 Å². The van der Waals surface area contributed by atoms with Gasteiger partial charge in [0, 0.05) is 46.5 Å². The van der Waals surface area contributed by atoms with Gasteiger partial charge in [0.15, 0.2) is 0 Å². The lowest BCUT2D eigenvalue weighted by Gasteiger charge is -2.38. The Hall–Kier alpha value is -1.54. The highest BCUT2D eigenvalue weighted by atomic mass is 16.6. The molecule has 2 rings (SSSR count). The fourth-order valence-electron chi connectivity index (χ4n) is 3.41. The minimum absolute atomic E-state index is 0.0220. The molecule has 2 saturated heterocycles. The van der Waals surface area contributed by atoms with Crippen LogP contribution in [0.4, 0.5) is 9.59 Å². The first-order valence-electron chi connectivity index (χ1n) is 10.4. The van der Waals surface area contributed by atoms with Crippen LogP contribution in [-0.4, -0.2) is 86.2 Å². The third-order valence-electron chi connectivity index (χ3n) is 5.03. The number of amides is 3. The minimum Gasteiger partial charge on any atom is -0.444 e. The molecule has 0 aromatic carbocycles. The number of urea groups is 1. The van der Waals surface area contributed by atoms with Crippen LogP contribution in [-0.2, 0) is 14.2 Å². The Morgan fingerprint density at radius 1 is 1.21 bits per heavy atom. The summed E-state index contributed by atoms with van der Waals surface area (Å²) >= 11 is 0. The zero-order valence-corrected chi connectivity index (χ0v) is 17.9. The van der Waals surface area contributed by atoms with E-state index in [-0.39, 0.29) is 24.3 Å². The predicted octanol–water partition coefficient (Wildman–Crippen LogP) is 2.61. The zero-order chi connectivity index (χ0) is 20.6. The van der Waals surface area contributed by atoms with Crippen molar-refractivity contribution in [2.75, 3.05) is 46.5 Å². The standard InChI is InChI=1S/C20H37N3O5/c1-20(2,3)28-19(25)22(4)16-7-5-11-23(15-16)18(24)21-10-6-12-27-17-8-13-26-14-9-17/h16-17H,5-15H2,1-4H3,(H,21,24). The molecule has 8 nitrogen and oxygen atoms in total. The normalized spacial score (nSPS) is 21.3. The second kappa shape index (κ2) is 10.9. The first-order valence-corrected chi connectivity index (χ1v) is 10.4. The lowest BCUT2D eigenvalue weighted by atomic mass is 10.1. The molecular formula is C20H37N3O5. The fourth-order valence-corrected chi connectivity index (χ4v) is 3.41. The molecule has 2 aliphatic rings. The largest absolute Gasteiger partial charge is 0.444 e. The Kier molecular flexibility index (Phi) is 8.82. The van der Waals surface area contributed by atoms with Crippen molar-refractivity contribution in [1.29, 1.82) is 0 Å². The van der Waals surface area contributed by atoms with Gasteiger partial charge in [0.25, 0.3) is 0 Å². The average Bonchev–Trinajstić information content (AvgIpc) is 2.66. The molecule has 28 heavy (non-hydrogen) atoms. The number of likely N-dealkylation sites (tertiary alicyclic amines) is 1. The van der Waals surface area contributed by atoms with Crippen molar-refractivity contribution in [3.8, 4) is 0 Å². The van der Waals surface area contributed by atoms with Crippen molar-refractivity contribution in [3.05, 3.63) is 0 Å². The van der Waals surface area contributed by atoms with Crippen molar-refractivity contribution in [3.63, 3.8) is 0 Å². The fraction of sp³-hybridized carbons (Fsp3) is 0.900. The van der Waals surface area contributed by atoms with Gasteiger partial charge in [-0.1, -0.05) is 0 Å². The molecule has 2 aliphatic heterocycles. The molecular weight excluding hydrogens is 362 g/mol. The van der Waals surface area contributed by atoms with Gasteiger partial charge in [0.2, 0.25) is 0 Å². The van der Waals surface area contributed by atoms with Crippen LogP contribution >= 0.6 is 0 Å². The molecule has 0 bridgehead atoms. The molecule has 0 spiro atoms. The van der Waals surface area contributed by atoms with Gasteiger partial charge < -0.3 is 29.3 Å². The SMILES string of the molecule is CN(C(=O)OC(C)(C)C)C1CCCN(C(=O)NCCCOC2CCOCC2)C1. The van der Waals surface area contributed by atoms with Gasteiger partial charge in [-0.15, -0.1) is 0 Å². The lowest BCUT2D eigenvalue weighted by molar-refractivity contribution is -0.0321. The van der Waals surface area contributed by atoms with Crippen LogP contribution in [0.15, 0.2) is 0 Å². The topological polar surface area (TPSA) is 80.3 Å². The third kappa shape index (κ3) is 7.83. The smallest absolute Gasteiger partial charge is 0.410 e. The number of carbonyl (C=O) groups excluding carboxylic acids is 2. The van der Waals surface area contributed by atoms with Crippen LogP contribution in [0.2, 0.25) is 0 Å². The summed E-state index contributed by atoms with van der Waals surface area (Å²) in [5.41, 5.74) is -0.524. The summed E-state index contributed by atoms with van der Waals surface area (Å²) in [5, 5.41) is 2.96. The van der Waals surface area contributed by atoms with Gasteiger partial charge >= 0.3 is 12.1 Å². The van der Waals surface area contributed by atoms with E-state index < -0.39 is 5.60 Å². The van der Waals surface area contributed by atoms with E-state index in [1.165, 1.54) is 0 Å². The molecule has 0 radical (unpaired) electrons. The number of nitrogens with zero attached hydrogens (tertiary/aromatic N) is 2. The van der Waals surface area contributed by atoms with Gasteiger partial charge in [-0.25, -0.2) is 9.59 Å². The molecule has 0 aromatic heterocycles. The highest BCUT2D eigenvalue weighted by Crippen LogP contribution is 2.18. The molecule has 2 heterocycles. The second-order valence-corrected chi connectivity index (χ2v) is 8.60. The summed E-state index contributed by atoms with van der Waals surface area (Å²) in [6, 6.07) is -0.0976. The van der Waals surface area contributed by atoms with Gasteiger partial charge in [-0.05, 0) is 52.9 Å². The summed E-state index contributed by atoms with van der Waals surface area (Å²) < 4.78 is 16.6. The second-order valence-electron chi connectivity index (χ2n) is 8.60. The minimum atomic E-state index is -0.524. The Balaban J connectivity index is 1.66. The number of rotatable bonds is 6. The molecule has 2 fully saturated rings. The molecule has 162 valence electrons. The van der Waals surface area contributed by atoms with Crippen LogP contribution < -0.4 is 5.32 Å². The Bertz CT molecular complexity index is 503. The number of likely N-dealkylation sites (N-methyl/N-ethyl adjacent to an activating group) is 1. The number of carbonyl (C=O) groups is 2. The third-order valence-corrected chi connectivity index (χ3v) is 5.03. The zero-order valence-electron chi connectivity index (χ0n) is 17.9. The number of piperidine rings is 1. The number of nitrogens with one attached hydrogen (secondary N) is 1. The molecule has 0 saturated carbocycles. The maximum absolute atomic E-state index is 12.5. The van der Waals surface area contributed by atoms with Crippen LogP contribution in [0.5, 0.6) is 0 Å². The van der Waals surface area contributed by atoms with Crippen molar-refractivity contribution in [2.24, 2.45) is 0 Å². The van der Waals surface area contributed by atoms with Crippen molar-refractivity contribution in [2.45, 2.75) is 70.6 Å². The average molecular weight is 400 g/mol. The molecule has 1 unspecified atom stereocenters. The Morgan fingerprint density at radius 2 is 1.93 bits per heavy atom. The van der Waals surface area contributed by atoms with Crippen LogP contribution in [0, 0.1) is 0 Å². The highest BCUT2D eigenvalue weighted by molar-refractivity contribution is 5.74. The van der Waals surface area contributed by atoms with E-state index in [9.17, 15) is 9.59 Å². The Morgan fingerprint density at radius 3 is 2.61 bits per heavy atom. The predicted molar refractivity (Wildman–Crippen MR) is 106 cm³/mol. The number of hydrogen-bond acceptors (Lipinski definition) is 5. The summed E-state index contributed by atoms with van der Waals surface area (Å²) in [7, 11) is 1.74. The lowest BCUT2D eigenvalue weighted by Crippen LogP contribution is -2.53. The van der Waals surface area contributed by atoms with Crippen molar-refractivity contribution in [1.82, 2.24) is 15.1 Å². The molecule has 3 amide bonds. The van der Waals surface area contributed by atoms with E-state index >= 15 is 0 Å². The van der Waals surface area contributed by atoms with Gasteiger partial charge in [0.1, 0.15) is 5.60 Å². The summed E-state index contributed by atoms with van der Waals surface area (Å²) in [6.07, 6.45) is 4.38. The van der Waals surface area contributed by atoms with E-state index in [4.69, 9.17) is 14.2 Å². The van der Waals surface area contributed by atoms with Crippen molar-refractivity contribution >= 4 is 12.1 Å². The van der Waals surface area contributed by atoms with E-state index in [1.807, 2.05) is 20.8 Å². The first kappa shape index (κ1) is 22.7. The van der Waals surface area contributed by atoms with Crippen LogP contribution in [0.25, 0.3) is 0 Å². The molecule has 0 aromatic rings. The monoisotopic (exact) mass is 399 g/mol. The number of hydrogen-bond donors (Lipinski definition) is 1. The molecule has 8 heteroatoms. The molecule has 1 N–H and O–H groups in total.